The predicted octanol–water partition coefficient (Wildman–Crippen LogP) is 1.70. The summed E-state index contributed by atoms with van der Waals surface area (Å²) in [5.41, 5.74) is 0.0417. The van der Waals surface area contributed by atoms with Gasteiger partial charge < -0.3 is 10.4 Å². The largest absolute Gasteiger partial charge is 0.477 e. The van der Waals surface area contributed by atoms with Gasteiger partial charge in [0.05, 0.1) is 0 Å². The minimum absolute atomic E-state index is 0.112. The quantitative estimate of drug-likeness (QED) is 0.850. The summed E-state index contributed by atoms with van der Waals surface area (Å²) in [5, 5.41) is 11.7. The number of hydrogen-bond acceptors (Lipinski definition) is 3. The maximum atomic E-state index is 11.9. The van der Waals surface area contributed by atoms with Crippen LogP contribution in [-0.2, 0) is 0 Å². The van der Waals surface area contributed by atoms with Gasteiger partial charge >= 0.3 is 5.97 Å². The molecule has 18 heavy (non-hydrogen) atoms. The molecule has 0 radical (unpaired) electrons. The molecule has 0 spiro atoms. The number of carbonyl (C=O) groups is 2. The molecule has 0 saturated heterocycles. The van der Waals surface area contributed by atoms with E-state index in [0.29, 0.717) is 5.92 Å². The lowest BCUT2D eigenvalue weighted by Crippen LogP contribution is -2.41. The van der Waals surface area contributed by atoms with Gasteiger partial charge in [0.15, 0.2) is 0 Å². The van der Waals surface area contributed by atoms with E-state index in [-0.39, 0.29) is 23.3 Å². The molecule has 1 aromatic heterocycles. The van der Waals surface area contributed by atoms with Crippen LogP contribution < -0.4 is 5.32 Å². The van der Waals surface area contributed by atoms with Crippen LogP contribution in [0, 0.1) is 5.92 Å². The molecule has 1 heterocycles. The molecule has 96 valence electrons. The molecule has 2 N–H and O–H groups in total. The summed E-state index contributed by atoms with van der Waals surface area (Å²) >= 11 is 0. The average molecular weight is 248 g/mol. The smallest absolute Gasteiger partial charge is 0.354 e. The molecule has 1 unspecified atom stereocenters. The minimum Gasteiger partial charge on any atom is -0.477 e. The Balaban J connectivity index is 2.03. The molecule has 0 bridgehead atoms. The maximum Gasteiger partial charge on any atom is 0.354 e. The van der Waals surface area contributed by atoms with E-state index in [0.717, 1.165) is 12.8 Å². The van der Waals surface area contributed by atoms with Gasteiger partial charge in [-0.05, 0) is 37.8 Å². The van der Waals surface area contributed by atoms with Gasteiger partial charge in [-0.25, -0.2) is 9.78 Å². The third-order valence-corrected chi connectivity index (χ3v) is 3.42. The van der Waals surface area contributed by atoms with Gasteiger partial charge in [0.1, 0.15) is 11.4 Å². The van der Waals surface area contributed by atoms with Gasteiger partial charge in [-0.15, -0.1) is 0 Å². The van der Waals surface area contributed by atoms with E-state index in [4.69, 9.17) is 5.11 Å². The van der Waals surface area contributed by atoms with Crippen LogP contribution >= 0.6 is 0 Å². The van der Waals surface area contributed by atoms with Crippen molar-refractivity contribution in [3.8, 4) is 0 Å². The summed E-state index contributed by atoms with van der Waals surface area (Å²) in [6.45, 7) is 1.97. The molecule has 1 aromatic rings. The van der Waals surface area contributed by atoms with Gasteiger partial charge in [-0.3, -0.25) is 4.79 Å². The number of rotatable bonds is 4. The van der Waals surface area contributed by atoms with Crippen molar-refractivity contribution in [2.75, 3.05) is 0 Å². The van der Waals surface area contributed by atoms with Crippen LogP contribution in [0.2, 0.25) is 0 Å². The lowest BCUT2D eigenvalue weighted by Gasteiger charge is -2.31. The van der Waals surface area contributed by atoms with E-state index < -0.39 is 5.97 Å². The highest BCUT2D eigenvalue weighted by atomic mass is 16.4. The molecule has 1 fully saturated rings. The molecular formula is C13H16N2O3. The van der Waals surface area contributed by atoms with Crippen molar-refractivity contribution < 1.29 is 14.7 Å². The number of aromatic carboxylic acids is 1. The number of hydrogen-bond donors (Lipinski definition) is 2. The highest BCUT2D eigenvalue weighted by Crippen LogP contribution is 2.29. The molecule has 2 rings (SSSR count). The van der Waals surface area contributed by atoms with E-state index in [1.54, 1.807) is 0 Å². The van der Waals surface area contributed by atoms with Crippen LogP contribution in [0.3, 0.4) is 0 Å². The second-order valence-corrected chi connectivity index (χ2v) is 4.67. The number of pyridine rings is 1. The first-order chi connectivity index (χ1) is 8.58. The molecule has 0 aromatic carbocycles. The fourth-order valence-electron chi connectivity index (χ4n) is 2.02. The van der Waals surface area contributed by atoms with Crippen molar-refractivity contribution >= 4 is 11.9 Å². The zero-order valence-corrected chi connectivity index (χ0v) is 10.2. The molecule has 1 amide bonds. The van der Waals surface area contributed by atoms with Gasteiger partial charge in [-0.2, -0.15) is 0 Å². The topological polar surface area (TPSA) is 79.3 Å². The molecule has 5 heteroatoms. The van der Waals surface area contributed by atoms with Crippen molar-refractivity contribution in [2.45, 2.75) is 32.2 Å². The number of aromatic nitrogens is 1. The predicted molar refractivity (Wildman–Crippen MR) is 65.5 cm³/mol. The number of carbonyl (C=O) groups excluding carboxylic acids is 1. The SMILES string of the molecule is CC(NC(=O)c1cccc(C(=O)O)n1)C1CCC1. The van der Waals surface area contributed by atoms with E-state index in [2.05, 4.69) is 10.3 Å². The van der Waals surface area contributed by atoms with Gasteiger partial charge in [-0.1, -0.05) is 12.5 Å². The number of carboxylic acid groups (broad SMARTS) is 1. The Labute approximate surface area is 105 Å². The number of carboxylic acids is 1. The van der Waals surface area contributed by atoms with Gasteiger partial charge in [0.25, 0.3) is 5.91 Å². The Morgan fingerprint density at radius 1 is 1.39 bits per heavy atom. The van der Waals surface area contributed by atoms with Crippen molar-refractivity contribution in [2.24, 2.45) is 5.92 Å². The van der Waals surface area contributed by atoms with E-state index in [1.165, 1.54) is 24.6 Å². The van der Waals surface area contributed by atoms with E-state index in [1.807, 2.05) is 6.92 Å². The first-order valence-electron chi connectivity index (χ1n) is 6.09. The minimum atomic E-state index is -1.13. The van der Waals surface area contributed by atoms with Gasteiger partial charge in [0, 0.05) is 6.04 Å². The first kappa shape index (κ1) is 12.5. The molecule has 1 saturated carbocycles. The highest BCUT2D eigenvalue weighted by molar-refractivity contribution is 5.94. The zero-order chi connectivity index (χ0) is 13.1. The molecular weight excluding hydrogens is 232 g/mol. The Hall–Kier alpha value is -1.91. The van der Waals surface area contributed by atoms with Gasteiger partial charge in [0.2, 0.25) is 0 Å². The fourth-order valence-corrected chi connectivity index (χ4v) is 2.02. The summed E-state index contributed by atoms with van der Waals surface area (Å²) in [6, 6.07) is 4.53. The van der Waals surface area contributed by atoms with Crippen LogP contribution in [0.1, 0.15) is 47.2 Å². The summed E-state index contributed by atoms with van der Waals surface area (Å²) < 4.78 is 0. The third-order valence-electron chi connectivity index (χ3n) is 3.42. The molecule has 1 aliphatic rings. The van der Waals surface area contributed by atoms with Crippen molar-refractivity contribution in [1.82, 2.24) is 10.3 Å². The second kappa shape index (κ2) is 5.16. The lowest BCUT2D eigenvalue weighted by molar-refractivity contribution is 0.0690. The van der Waals surface area contributed by atoms with E-state index >= 15 is 0 Å². The van der Waals surface area contributed by atoms with Crippen LogP contribution in [0.4, 0.5) is 0 Å². The zero-order valence-electron chi connectivity index (χ0n) is 10.2. The lowest BCUT2D eigenvalue weighted by atomic mass is 9.80. The molecule has 1 atom stereocenters. The normalized spacial score (nSPS) is 16.7. The van der Waals surface area contributed by atoms with Crippen molar-refractivity contribution in [3.63, 3.8) is 0 Å². The maximum absolute atomic E-state index is 11.9. The fraction of sp³-hybridized carbons (Fsp3) is 0.462. The van der Waals surface area contributed by atoms with Crippen LogP contribution in [0.15, 0.2) is 18.2 Å². The third kappa shape index (κ3) is 2.67. The average Bonchev–Trinajstić information content (AvgIpc) is 2.26. The summed E-state index contributed by atoms with van der Waals surface area (Å²) in [4.78, 5) is 26.5. The Morgan fingerprint density at radius 3 is 2.61 bits per heavy atom. The van der Waals surface area contributed by atoms with Crippen molar-refractivity contribution in [3.05, 3.63) is 29.6 Å². The Morgan fingerprint density at radius 2 is 2.06 bits per heavy atom. The molecule has 1 aliphatic carbocycles. The first-order valence-corrected chi connectivity index (χ1v) is 6.09. The van der Waals surface area contributed by atoms with Crippen LogP contribution in [0.25, 0.3) is 0 Å². The Bertz CT molecular complexity index is 469. The summed E-state index contributed by atoms with van der Waals surface area (Å²) in [6.07, 6.45) is 3.51. The highest BCUT2D eigenvalue weighted by Gasteiger charge is 2.25. The monoisotopic (exact) mass is 248 g/mol. The number of nitrogens with one attached hydrogen (secondary N) is 1. The standard InChI is InChI=1S/C13H16N2O3/c1-8(9-4-2-5-9)14-12(16)10-6-3-7-11(15-10)13(17)18/h3,6-9H,2,4-5H2,1H3,(H,14,16)(H,17,18). The second-order valence-electron chi connectivity index (χ2n) is 4.67. The molecule has 5 nitrogen and oxygen atoms in total. The Kier molecular flexibility index (Phi) is 3.60. The summed E-state index contributed by atoms with van der Waals surface area (Å²) in [5.74, 6) is -0.897. The van der Waals surface area contributed by atoms with Crippen LogP contribution in [0.5, 0.6) is 0 Å². The number of nitrogens with zero attached hydrogens (tertiary/aromatic N) is 1. The van der Waals surface area contributed by atoms with E-state index in [9.17, 15) is 9.59 Å². The molecule has 0 aliphatic heterocycles. The number of amides is 1. The summed E-state index contributed by atoms with van der Waals surface area (Å²) in [7, 11) is 0. The van der Waals surface area contributed by atoms with Crippen LogP contribution in [-0.4, -0.2) is 28.0 Å². The van der Waals surface area contributed by atoms with Crippen molar-refractivity contribution in [1.29, 1.82) is 0 Å².